The lowest BCUT2D eigenvalue weighted by atomic mass is 10.0. The fourth-order valence-electron chi connectivity index (χ4n) is 1.31. The van der Waals surface area contributed by atoms with Crippen molar-refractivity contribution in [2.75, 3.05) is 0 Å². The van der Waals surface area contributed by atoms with Crippen LogP contribution in [0.5, 0.6) is 5.75 Å². The maximum absolute atomic E-state index is 9.55. The lowest BCUT2D eigenvalue weighted by Gasteiger charge is -2.13. The number of benzene rings is 1. The van der Waals surface area contributed by atoms with Gasteiger partial charge >= 0.3 is 0 Å². The Morgan fingerprint density at radius 3 is 2.86 bits per heavy atom. The molecular weight excluding hydrogens is 198 g/mol. The molecule has 0 unspecified atom stereocenters. The molecule has 0 saturated heterocycles. The van der Waals surface area contributed by atoms with Crippen LogP contribution < -0.4 is 5.73 Å². The zero-order valence-electron chi connectivity index (χ0n) is 8.13. The van der Waals surface area contributed by atoms with Crippen LogP contribution in [0.15, 0.2) is 30.4 Å². The number of halogens is 1. The van der Waals surface area contributed by atoms with Crippen LogP contribution in [0.1, 0.15) is 24.9 Å². The molecule has 0 bridgehead atoms. The van der Waals surface area contributed by atoms with Crippen LogP contribution in [0.2, 0.25) is 5.02 Å². The third kappa shape index (κ3) is 2.76. The summed E-state index contributed by atoms with van der Waals surface area (Å²) in [7, 11) is 0. The highest BCUT2D eigenvalue weighted by Crippen LogP contribution is 2.28. The molecule has 0 heterocycles. The topological polar surface area (TPSA) is 46.2 Å². The first-order valence-corrected chi connectivity index (χ1v) is 4.77. The first kappa shape index (κ1) is 11.1. The number of phenols is 1. The Morgan fingerprint density at radius 1 is 1.64 bits per heavy atom. The average molecular weight is 212 g/mol. The van der Waals surface area contributed by atoms with Gasteiger partial charge in [-0.1, -0.05) is 17.2 Å². The highest BCUT2D eigenvalue weighted by Gasteiger charge is 2.11. The van der Waals surface area contributed by atoms with E-state index in [1.807, 2.05) is 6.92 Å². The number of phenolic OH excluding ortho intramolecular Hbond substituents is 1. The molecule has 0 fully saturated rings. The summed E-state index contributed by atoms with van der Waals surface area (Å²) in [6, 6.07) is 4.63. The predicted molar refractivity (Wildman–Crippen MR) is 59.5 cm³/mol. The lowest BCUT2D eigenvalue weighted by Crippen LogP contribution is -2.10. The minimum Gasteiger partial charge on any atom is -0.508 e. The molecule has 1 aromatic carbocycles. The summed E-state index contributed by atoms with van der Waals surface area (Å²) in [6.07, 6.45) is 0.647. The van der Waals surface area contributed by atoms with Crippen LogP contribution in [0.25, 0.3) is 0 Å². The number of hydrogen-bond acceptors (Lipinski definition) is 2. The van der Waals surface area contributed by atoms with E-state index in [1.165, 1.54) is 0 Å². The van der Waals surface area contributed by atoms with Crippen LogP contribution in [-0.2, 0) is 0 Å². The van der Waals surface area contributed by atoms with Crippen LogP contribution in [0.3, 0.4) is 0 Å². The van der Waals surface area contributed by atoms with Gasteiger partial charge in [0.15, 0.2) is 0 Å². The third-order valence-electron chi connectivity index (χ3n) is 1.96. The molecule has 0 radical (unpaired) electrons. The zero-order valence-corrected chi connectivity index (χ0v) is 8.88. The second-order valence-electron chi connectivity index (χ2n) is 3.47. The van der Waals surface area contributed by atoms with E-state index < -0.39 is 0 Å². The lowest BCUT2D eigenvalue weighted by molar-refractivity contribution is 0.461. The summed E-state index contributed by atoms with van der Waals surface area (Å²) in [5.74, 6) is 0.183. The van der Waals surface area contributed by atoms with Crippen molar-refractivity contribution in [3.05, 3.63) is 40.9 Å². The number of rotatable bonds is 3. The fraction of sp³-hybridized carbons (Fsp3) is 0.273. The van der Waals surface area contributed by atoms with Gasteiger partial charge in [0.1, 0.15) is 5.75 Å². The van der Waals surface area contributed by atoms with Gasteiger partial charge in [0.2, 0.25) is 0 Å². The monoisotopic (exact) mass is 211 g/mol. The summed E-state index contributed by atoms with van der Waals surface area (Å²) in [5, 5.41) is 10.1. The highest BCUT2D eigenvalue weighted by atomic mass is 35.5. The smallest absolute Gasteiger partial charge is 0.120 e. The van der Waals surface area contributed by atoms with Gasteiger partial charge < -0.3 is 10.8 Å². The molecule has 2 nitrogen and oxygen atoms in total. The Bertz CT molecular complexity index is 349. The summed E-state index contributed by atoms with van der Waals surface area (Å²) in [5.41, 5.74) is 7.54. The zero-order chi connectivity index (χ0) is 10.7. The van der Waals surface area contributed by atoms with E-state index in [2.05, 4.69) is 6.58 Å². The first-order valence-electron chi connectivity index (χ1n) is 4.39. The summed E-state index contributed by atoms with van der Waals surface area (Å²) >= 11 is 5.81. The quantitative estimate of drug-likeness (QED) is 0.755. The largest absolute Gasteiger partial charge is 0.508 e. The Morgan fingerprint density at radius 2 is 2.29 bits per heavy atom. The summed E-state index contributed by atoms with van der Waals surface area (Å²) in [4.78, 5) is 0. The fourth-order valence-corrected chi connectivity index (χ4v) is 1.49. The first-order chi connectivity index (χ1) is 6.50. The molecule has 0 aliphatic heterocycles. The third-order valence-corrected chi connectivity index (χ3v) is 2.19. The number of nitrogens with two attached hydrogens (primary N) is 1. The predicted octanol–water partition coefficient (Wildman–Crippen LogP) is 3.01. The number of hydrogen-bond donors (Lipinski definition) is 2. The molecule has 0 amide bonds. The molecule has 0 aromatic heterocycles. The van der Waals surface area contributed by atoms with Crippen molar-refractivity contribution in [3.63, 3.8) is 0 Å². The molecule has 14 heavy (non-hydrogen) atoms. The van der Waals surface area contributed by atoms with E-state index >= 15 is 0 Å². The second kappa shape index (κ2) is 4.49. The average Bonchev–Trinajstić information content (AvgIpc) is 2.08. The van der Waals surface area contributed by atoms with Crippen molar-refractivity contribution in [1.82, 2.24) is 0 Å². The molecule has 0 saturated carbocycles. The van der Waals surface area contributed by atoms with Crippen molar-refractivity contribution in [3.8, 4) is 5.75 Å². The molecule has 1 atom stereocenters. The van der Waals surface area contributed by atoms with Gasteiger partial charge in [0, 0.05) is 16.6 Å². The van der Waals surface area contributed by atoms with E-state index in [9.17, 15) is 5.11 Å². The van der Waals surface area contributed by atoms with Crippen molar-refractivity contribution < 1.29 is 5.11 Å². The number of aromatic hydroxyl groups is 1. The molecule has 1 aromatic rings. The van der Waals surface area contributed by atoms with Crippen molar-refractivity contribution in [2.45, 2.75) is 19.4 Å². The Kier molecular flexibility index (Phi) is 3.55. The molecule has 0 spiro atoms. The molecular formula is C11H14ClNO. The van der Waals surface area contributed by atoms with Gasteiger partial charge in [-0.3, -0.25) is 0 Å². The van der Waals surface area contributed by atoms with Gasteiger partial charge in [0.05, 0.1) is 0 Å². The van der Waals surface area contributed by atoms with Crippen molar-refractivity contribution >= 4 is 11.6 Å². The van der Waals surface area contributed by atoms with Gasteiger partial charge in [-0.25, -0.2) is 0 Å². The van der Waals surface area contributed by atoms with E-state index in [-0.39, 0.29) is 11.8 Å². The molecule has 76 valence electrons. The summed E-state index contributed by atoms with van der Waals surface area (Å²) in [6.45, 7) is 5.68. The van der Waals surface area contributed by atoms with Crippen molar-refractivity contribution in [2.24, 2.45) is 5.73 Å². The Labute approximate surface area is 89.0 Å². The standard InChI is InChI=1S/C11H14ClNO/c1-7(2)5-10(13)9-6-8(12)3-4-11(9)14/h3-4,6,10,14H,1,5,13H2,2H3/t10-/m1/s1. The Balaban J connectivity index is 2.93. The van der Waals surface area contributed by atoms with Gasteiger partial charge in [0.25, 0.3) is 0 Å². The molecule has 3 heteroatoms. The van der Waals surface area contributed by atoms with Crippen LogP contribution in [0.4, 0.5) is 0 Å². The highest BCUT2D eigenvalue weighted by molar-refractivity contribution is 6.30. The maximum atomic E-state index is 9.55. The van der Waals surface area contributed by atoms with Crippen molar-refractivity contribution in [1.29, 1.82) is 0 Å². The molecule has 0 aliphatic carbocycles. The van der Waals surface area contributed by atoms with Gasteiger partial charge in [-0.05, 0) is 31.5 Å². The van der Waals surface area contributed by atoms with E-state index in [0.717, 1.165) is 5.57 Å². The van der Waals surface area contributed by atoms with E-state index in [0.29, 0.717) is 17.0 Å². The van der Waals surface area contributed by atoms with Crippen LogP contribution >= 0.6 is 11.6 Å². The van der Waals surface area contributed by atoms with E-state index in [4.69, 9.17) is 17.3 Å². The normalized spacial score (nSPS) is 12.5. The van der Waals surface area contributed by atoms with Crippen LogP contribution in [-0.4, -0.2) is 5.11 Å². The van der Waals surface area contributed by atoms with Gasteiger partial charge in [-0.2, -0.15) is 0 Å². The Hall–Kier alpha value is -0.990. The minimum absolute atomic E-state index is 0.183. The minimum atomic E-state index is -0.244. The summed E-state index contributed by atoms with van der Waals surface area (Å²) < 4.78 is 0. The molecule has 0 aliphatic rings. The SMILES string of the molecule is C=C(C)C[C@@H](N)c1cc(Cl)ccc1O. The van der Waals surface area contributed by atoms with E-state index in [1.54, 1.807) is 18.2 Å². The molecule has 3 N–H and O–H groups in total. The second-order valence-corrected chi connectivity index (χ2v) is 3.91. The molecule has 1 rings (SSSR count). The maximum Gasteiger partial charge on any atom is 0.120 e. The van der Waals surface area contributed by atoms with Gasteiger partial charge in [-0.15, -0.1) is 6.58 Å². The van der Waals surface area contributed by atoms with Crippen LogP contribution in [0, 0.1) is 0 Å².